The Morgan fingerprint density at radius 3 is 2.12 bits per heavy atom. The summed E-state index contributed by atoms with van der Waals surface area (Å²) >= 11 is 0. The lowest BCUT2D eigenvalue weighted by atomic mass is 10.0. The minimum absolute atomic E-state index is 0.207. The number of benzene rings is 1. The zero-order valence-corrected chi connectivity index (χ0v) is 15.1. The van der Waals surface area contributed by atoms with Crippen molar-refractivity contribution < 1.29 is 28.5 Å². The standard InChI is InChI=1S/C19H24O6/c1-6-9-14-10-13(11-15(18(20)22-4)19(21)23-5)12-16(24-7-2)17(14)25-8-3/h6,10-12H,1,7-9H2,2-5H3. The summed E-state index contributed by atoms with van der Waals surface area (Å²) in [4.78, 5) is 23.7. The van der Waals surface area contributed by atoms with Crippen molar-refractivity contribution in [3.05, 3.63) is 41.5 Å². The van der Waals surface area contributed by atoms with Crippen LogP contribution in [0.5, 0.6) is 11.5 Å². The first-order valence-electron chi connectivity index (χ1n) is 7.93. The molecule has 0 fully saturated rings. The van der Waals surface area contributed by atoms with Crippen molar-refractivity contribution in [2.24, 2.45) is 0 Å². The average Bonchev–Trinajstić information content (AvgIpc) is 2.61. The molecule has 0 unspecified atom stereocenters. The van der Waals surface area contributed by atoms with Crippen LogP contribution in [0.3, 0.4) is 0 Å². The van der Waals surface area contributed by atoms with E-state index in [0.29, 0.717) is 36.7 Å². The van der Waals surface area contributed by atoms with Crippen LogP contribution in [0.2, 0.25) is 0 Å². The van der Waals surface area contributed by atoms with Gasteiger partial charge < -0.3 is 18.9 Å². The van der Waals surface area contributed by atoms with Crippen molar-refractivity contribution in [1.29, 1.82) is 0 Å². The molecule has 0 aliphatic heterocycles. The summed E-state index contributed by atoms with van der Waals surface area (Å²) in [6.45, 7) is 8.42. The Kier molecular flexibility index (Phi) is 8.26. The van der Waals surface area contributed by atoms with Crippen molar-refractivity contribution in [3.8, 4) is 11.5 Å². The normalized spacial score (nSPS) is 9.76. The van der Waals surface area contributed by atoms with E-state index in [0.717, 1.165) is 5.56 Å². The lowest BCUT2D eigenvalue weighted by molar-refractivity contribution is -0.143. The van der Waals surface area contributed by atoms with E-state index in [2.05, 4.69) is 16.1 Å². The molecule has 0 N–H and O–H groups in total. The molecule has 0 aromatic heterocycles. The molecule has 0 atom stereocenters. The van der Waals surface area contributed by atoms with E-state index in [1.54, 1.807) is 18.2 Å². The van der Waals surface area contributed by atoms with Crippen molar-refractivity contribution >= 4 is 18.0 Å². The van der Waals surface area contributed by atoms with Crippen LogP contribution >= 0.6 is 0 Å². The number of hydrogen-bond acceptors (Lipinski definition) is 6. The highest BCUT2D eigenvalue weighted by atomic mass is 16.5. The van der Waals surface area contributed by atoms with Crippen LogP contribution in [0.1, 0.15) is 25.0 Å². The number of allylic oxidation sites excluding steroid dienone is 1. The zero-order chi connectivity index (χ0) is 18.8. The Labute approximate surface area is 148 Å². The maximum Gasteiger partial charge on any atom is 0.345 e. The van der Waals surface area contributed by atoms with E-state index >= 15 is 0 Å². The minimum Gasteiger partial charge on any atom is -0.490 e. The lowest BCUT2D eigenvalue weighted by Gasteiger charge is -2.16. The van der Waals surface area contributed by atoms with Gasteiger partial charge >= 0.3 is 11.9 Å². The topological polar surface area (TPSA) is 71.1 Å². The molecule has 0 spiro atoms. The van der Waals surface area contributed by atoms with Crippen molar-refractivity contribution in [1.82, 2.24) is 0 Å². The Morgan fingerprint density at radius 1 is 1.04 bits per heavy atom. The molecule has 25 heavy (non-hydrogen) atoms. The first kappa shape index (κ1) is 20.3. The highest BCUT2D eigenvalue weighted by Crippen LogP contribution is 2.34. The predicted octanol–water partition coefficient (Wildman–Crippen LogP) is 2.94. The third-order valence-corrected chi connectivity index (χ3v) is 3.23. The van der Waals surface area contributed by atoms with Crippen LogP contribution in [0.4, 0.5) is 0 Å². The van der Waals surface area contributed by atoms with Gasteiger partial charge in [0.15, 0.2) is 11.5 Å². The summed E-state index contributed by atoms with van der Waals surface area (Å²) in [6, 6.07) is 3.51. The largest absolute Gasteiger partial charge is 0.490 e. The van der Waals surface area contributed by atoms with E-state index in [9.17, 15) is 9.59 Å². The molecule has 0 radical (unpaired) electrons. The molecule has 136 valence electrons. The van der Waals surface area contributed by atoms with E-state index in [1.807, 2.05) is 13.8 Å². The van der Waals surface area contributed by atoms with Crippen LogP contribution in [-0.4, -0.2) is 39.4 Å². The molecule has 0 aliphatic carbocycles. The molecule has 0 saturated carbocycles. The predicted molar refractivity (Wildman–Crippen MR) is 94.7 cm³/mol. The van der Waals surface area contributed by atoms with Gasteiger partial charge in [0.1, 0.15) is 5.57 Å². The van der Waals surface area contributed by atoms with Crippen molar-refractivity contribution in [2.75, 3.05) is 27.4 Å². The number of rotatable bonds is 9. The third kappa shape index (κ3) is 5.38. The second-order valence-corrected chi connectivity index (χ2v) is 4.91. The maximum absolute atomic E-state index is 11.8. The molecule has 0 amide bonds. The number of hydrogen-bond donors (Lipinski definition) is 0. The molecule has 0 aliphatic rings. The van der Waals surface area contributed by atoms with Crippen molar-refractivity contribution in [3.63, 3.8) is 0 Å². The Hall–Kier alpha value is -2.76. The molecule has 1 aromatic carbocycles. The quantitative estimate of drug-likeness (QED) is 0.225. The SMILES string of the molecule is C=CCc1cc(C=C(C(=O)OC)C(=O)OC)cc(OCC)c1OCC. The van der Waals surface area contributed by atoms with E-state index in [-0.39, 0.29) is 5.57 Å². The van der Waals surface area contributed by atoms with Gasteiger partial charge in [-0.1, -0.05) is 6.08 Å². The maximum atomic E-state index is 11.8. The Morgan fingerprint density at radius 2 is 1.64 bits per heavy atom. The molecule has 0 heterocycles. The fraction of sp³-hybridized carbons (Fsp3) is 0.368. The highest BCUT2D eigenvalue weighted by molar-refractivity contribution is 6.17. The molecule has 6 nitrogen and oxygen atoms in total. The summed E-state index contributed by atoms with van der Waals surface area (Å²) in [6.07, 6.45) is 3.69. The summed E-state index contributed by atoms with van der Waals surface area (Å²) < 4.78 is 20.6. The second-order valence-electron chi connectivity index (χ2n) is 4.91. The molecule has 0 bridgehead atoms. The van der Waals surface area contributed by atoms with Gasteiger partial charge in [0.05, 0.1) is 27.4 Å². The van der Waals surface area contributed by atoms with Crippen LogP contribution in [0.25, 0.3) is 6.08 Å². The number of carbonyl (C=O) groups excluding carboxylic acids is 2. The zero-order valence-electron chi connectivity index (χ0n) is 15.1. The number of methoxy groups -OCH3 is 2. The molecule has 6 heteroatoms. The van der Waals surface area contributed by atoms with Gasteiger partial charge in [0.25, 0.3) is 0 Å². The summed E-state index contributed by atoms with van der Waals surface area (Å²) in [7, 11) is 2.40. The third-order valence-electron chi connectivity index (χ3n) is 3.23. The van der Waals surface area contributed by atoms with Gasteiger partial charge in [-0.15, -0.1) is 6.58 Å². The van der Waals surface area contributed by atoms with Gasteiger partial charge in [-0.2, -0.15) is 0 Å². The fourth-order valence-electron chi connectivity index (χ4n) is 2.23. The van der Waals surface area contributed by atoms with E-state index < -0.39 is 11.9 Å². The summed E-state index contributed by atoms with van der Waals surface area (Å²) in [5.74, 6) is -0.393. The summed E-state index contributed by atoms with van der Waals surface area (Å²) in [5, 5.41) is 0. The van der Waals surface area contributed by atoms with Gasteiger partial charge in [0.2, 0.25) is 0 Å². The first-order chi connectivity index (χ1) is 12.0. The number of carbonyl (C=O) groups is 2. The van der Waals surface area contributed by atoms with Crippen LogP contribution in [0.15, 0.2) is 30.4 Å². The molecular weight excluding hydrogens is 324 g/mol. The Bertz CT molecular complexity index is 642. The smallest absolute Gasteiger partial charge is 0.345 e. The summed E-state index contributed by atoms with van der Waals surface area (Å²) in [5.41, 5.74) is 1.22. The Balaban J connectivity index is 3.51. The molecular formula is C19H24O6. The van der Waals surface area contributed by atoms with E-state index in [4.69, 9.17) is 9.47 Å². The number of esters is 2. The van der Waals surface area contributed by atoms with Crippen LogP contribution < -0.4 is 9.47 Å². The minimum atomic E-state index is -0.774. The molecule has 1 rings (SSSR count). The fourth-order valence-corrected chi connectivity index (χ4v) is 2.23. The molecule has 1 aromatic rings. The molecule has 0 saturated heterocycles. The highest BCUT2D eigenvalue weighted by Gasteiger charge is 2.21. The lowest BCUT2D eigenvalue weighted by Crippen LogP contribution is -2.15. The van der Waals surface area contributed by atoms with Gasteiger partial charge in [-0.3, -0.25) is 0 Å². The number of ether oxygens (including phenoxy) is 4. The van der Waals surface area contributed by atoms with Crippen LogP contribution in [0, 0.1) is 0 Å². The average molecular weight is 348 g/mol. The first-order valence-corrected chi connectivity index (χ1v) is 7.93. The monoisotopic (exact) mass is 348 g/mol. The van der Waals surface area contributed by atoms with Crippen molar-refractivity contribution in [2.45, 2.75) is 20.3 Å². The van der Waals surface area contributed by atoms with Gasteiger partial charge in [0, 0.05) is 5.56 Å². The van der Waals surface area contributed by atoms with Crippen LogP contribution in [-0.2, 0) is 25.5 Å². The second kappa shape index (κ2) is 10.2. The van der Waals surface area contributed by atoms with E-state index in [1.165, 1.54) is 20.3 Å². The van der Waals surface area contributed by atoms with Gasteiger partial charge in [-0.05, 0) is 44.0 Å². The van der Waals surface area contributed by atoms with Gasteiger partial charge in [-0.25, -0.2) is 9.59 Å².